The first kappa shape index (κ1) is 15.7. The number of para-hydroxylation sites is 1. The monoisotopic (exact) mass is 286 g/mol. The van der Waals surface area contributed by atoms with Crippen LogP contribution in [-0.4, -0.2) is 38.7 Å². The van der Waals surface area contributed by atoms with Crippen LogP contribution < -0.4 is 5.32 Å². The van der Waals surface area contributed by atoms with Gasteiger partial charge in [0.05, 0.1) is 27.6 Å². The molecule has 0 fully saturated rings. The summed E-state index contributed by atoms with van der Waals surface area (Å²) in [6, 6.07) is 6.10. The zero-order chi connectivity index (χ0) is 14.4. The highest BCUT2D eigenvalue weighted by Gasteiger charge is 2.20. The molecule has 1 aromatic rings. The molecule has 0 aliphatic carbocycles. The number of nitrogens with zero attached hydrogens (tertiary/aromatic N) is 1. The largest absolute Gasteiger partial charge is 0.391 e. The Balaban J connectivity index is 2.70. The van der Waals surface area contributed by atoms with Gasteiger partial charge in [-0.3, -0.25) is 14.3 Å². The molecule has 0 heterocycles. The molecule has 1 rings (SSSR count). The minimum absolute atomic E-state index is 0.0232. The fraction of sp³-hybridized carbons (Fsp3) is 0.500. The summed E-state index contributed by atoms with van der Waals surface area (Å²) in [5, 5.41) is 23.6. The van der Waals surface area contributed by atoms with Crippen LogP contribution in [0.2, 0.25) is 0 Å². The first-order valence-electron chi connectivity index (χ1n) is 5.95. The van der Waals surface area contributed by atoms with Crippen LogP contribution in [0.3, 0.4) is 0 Å². The molecular formula is C12H18N2O4S. The van der Waals surface area contributed by atoms with Crippen molar-refractivity contribution in [2.75, 3.05) is 12.3 Å². The molecule has 6 nitrogen and oxygen atoms in total. The molecule has 7 heteroatoms. The number of aliphatic hydroxyl groups excluding tert-OH is 1. The van der Waals surface area contributed by atoms with Crippen LogP contribution in [-0.2, 0) is 10.8 Å². The van der Waals surface area contributed by atoms with E-state index in [1.165, 1.54) is 18.2 Å². The Morgan fingerprint density at radius 1 is 1.42 bits per heavy atom. The predicted molar refractivity (Wildman–Crippen MR) is 73.5 cm³/mol. The van der Waals surface area contributed by atoms with Gasteiger partial charge in [-0.2, -0.15) is 0 Å². The Kier molecular flexibility index (Phi) is 6.07. The summed E-state index contributed by atoms with van der Waals surface area (Å²) >= 11 is 0. The van der Waals surface area contributed by atoms with Crippen LogP contribution in [0.4, 0.5) is 5.69 Å². The van der Waals surface area contributed by atoms with E-state index in [1.54, 1.807) is 6.07 Å². The third kappa shape index (κ3) is 5.06. The van der Waals surface area contributed by atoms with Gasteiger partial charge in [-0.05, 0) is 6.07 Å². The van der Waals surface area contributed by atoms with E-state index in [0.29, 0.717) is 6.54 Å². The first-order chi connectivity index (χ1) is 8.91. The van der Waals surface area contributed by atoms with Gasteiger partial charge >= 0.3 is 0 Å². The van der Waals surface area contributed by atoms with Gasteiger partial charge in [0.25, 0.3) is 5.69 Å². The van der Waals surface area contributed by atoms with Gasteiger partial charge in [0.1, 0.15) is 4.90 Å². The van der Waals surface area contributed by atoms with Crippen molar-refractivity contribution in [3.8, 4) is 0 Å². The lowest BCUT2D eigenvalue weighted by molar-refractivity contribution is -0.387. The molecule has 0 amide bonds. The van der Waals surface area contributed by atoms with Crippen molar-refractivity contribution >= 4 is 16.5 Å². The Bertz CT molecular complexity index is 465. The molecule has 0 saturated heterocycles. The van der Waals surface area contributed by atoms with Gasteiger partial charge in [0.2, 0.25) is 0 Å². The number of aliphatic hydroxyl groups is 1. The maximum Gasteiger partial charge on any atom is 0.285 e. The molecule has 0 saturated carbocycles. The van der Waals surface area contributed by atoms with E-state index in [1.807, 2.05) is 13.8 Å². The highest BCUT2D eigenvalue weighted by atomic mass is 32.2. The van der Waals surface area contributed by atoms with Crippen molar-refractivity contribution in [1.82, 2.24) is 5.32 Å². The van der Waals surface area contributed by atoms with Gasteiger partial charge < -0.3 is 10.4 Å². The van der Waals surface area contributed by atoms with Crippen molar-refractivity contribution in [2.24, 2.45) is 0 Å². The van der Waals surface area contributed by atoms with Crippen molar-refractivity contribution < 1.29 is 14.2 Å². The van der Waals surface area contributed by atoms with E-state index in [4.69, 9.17) is 0 Å². The van der Waals surface area contributed by atoms with Crippen molar-refractivity contribution in [3.05, 3.63) is 34.4 Å². The minimum Gasteiger partial charge on any atom is -0.391 e. The van der Waals surface area contributed by atoms with Crippen LogP contribution in [0.5, 0.6) is 0 Å². The molecule has 2 N–H and O–H groups in total. The standard InChI is InChI=1S/C12H18N2O4S/c1-9(2)13-7-10(15)8-19(18)12-6-4-3-5-11(12)14(16)17/h3-6,9-10,13,15H,7-8H2,1-2H3. The van der Waals surface area contributed by atoms with E-state index in [9.17, 15) is 19.4 Å². The lowest BCUT2D eigenvalue weighted by Gasteiger charge is -2.13. The second kappa shape index (κ2) is 7.32. The molecule has 19 heavy (non-hydrogen) atoms. The minimum atomic E-state index is -1.59. The summed E-state index contributed by atoms with van der Waals surface area (Å²) in [6.07, 6.45) is -0.803. The highest BCUT2D eigenvalue weighted by molar-refractivity contribution is 7.85. The summed E-state index contributed by atoms with van der Waals surface area (Å²) in [6.45, 7) is 4.18. The maximum atomic E-state index is 12.0. The van der Waals surface area contributed by atoms with Gasteiger partial charge in [0, 0.05) is 18.7 Å². The second-order valence-electron chi connectivity index (χ2n) is 4.45. The van der Waals surface area contributed by atoms with Crippen LogP contribution >= 0.6 is 0 Å². The average Bonchev–Trinajstić information content (AvgIpc) is 2.36. The van der Waals surface area contributed by atoms with Crippen molar-refractivity contribution in [1.29, 1.82) is 0 Å². The quantitative estimate of drug-likeness (QED) is 0.577. The molecule has 0 aliphatic rings. The number of rotatable bonds is 7. The predicted octanol–water partition coefficient (Wildman–Crippen LogP) is 1.06. The normalized spacial score (nSPS) is 14.3. The number of nitro benzene ring substituents is 1. The summed E-state index contributed by atoms with van der Waals surface area (Å²) in [5.41, 5.74) is -0.176. The topological polar surface area (TPSA) is 92.5 Å². The molecule has 2 unspecified atom stereocenters. The number of nitro groups is 1. The Labute approximate surface area is 114 Å². The summed E-state index contributed by atoms with van der Waals surface area (Å²) < 4.78 is 12.0. The van der Waals surface area contributed by atoms with Crippen molar-refractivity contribution in [3.63, 3.8) is 0 Å². The molecule has 0 radical (unpaired) electrons. The van der Waals surface area contributed by atoms with Crippen LogP contribution in [0.25, 0.3) is 0 Å². The highest BCUT2D eigenvalue weighted by Crippen LogP contribution is 2.21. The number of hydrogen-bond acceptors (Lipinski definition) is 5. The van der Waals surface area contributed by atoms with E-state index in [0.717, 1.165) is 0 Å². The lowest BCUT2D eigenvalue weighted by Crippen LogP contribution is -2.34. The summed E-state index contributed by atoms with van der Waals surface area (Å²) in [4.78, 5) is 10.4. The molecule has 106 valence electrons. The third-order valence-electron chi connectivity index (χ3n) is 2.41. The van der Waals surface area contributed by atoms with Crippen molar-refractivity contribution in [2.45, 2.75) is 30.9 Å². The zero-order valence-electron chi connectivity index (χ0n) is 10.9. The average molecular weight is 286 g/mol. The Morgan fingerprint density at radius 2 is 2.05 bits per heavy atom. The fourth-order valence-corrected chi connectivity index (χ4v) is 2.75. The smallest absolute Gasteiger partial charge is 0.285 e. The van der Waals surface area contributed by atoms with Gasteiger partial charge in [0.15, 0.2) is 0 Å². The van der Waals surface area contributed by atoms with Gasteiger partial charge in [-0.1, -0.05) is 26.0 Å². The third-order valence-corrected chi connectivity index (χ3v) is 3.94. The SMILES string of the molecule is CC(C)NCC(O)CS(=O)c1ccccc1[N+](=O)[O-]. The second-order valence-corrected chi connectivity index (χ2v) is 5.92. The number of benzene rings is 1. The van der Waals surface area contributed by atoms with Gasteiger partial charge in [-0.15, -0.1) is 0 Å². The summed E-state index contributed by atoms with van der Waals surface area (Å²) in [5.74, 6) is -0.0232. The lowest BCUT2D eigenvalue weighted by atomic mass is 10.3. The maximum absolute atomic E-state index is 12.0. The fourth-order valence-electron chi connectivity index (χ4n) is 1.50. The zero-order valence-corrected chi connectivity index (χ0v) is 11.7. The Hall–Kier alpha value is -1.31. The van der Waals surface area contributed by atoms with E-state index >= 15 is 0 Å². The molecule has 0 aromatic heterocycles. The molecule has 0 spiro atoms. The molecular weight excluding hydrogens is 268 g/mol. The summed E-state index contributed by atoms with van der Waals surface area (Å²) in [7, 11) is -1.59. The van der Waals surface area contributed by atoms with Crippen LogP contribution in [0.15, 0.2) is 29.2 Å². The first-order valence-corrected chi connectivity index (χ1v) is 7.27. The number of nitrogens with one attached hydrogen (secondary N) is 1. The number of hydrogen-bond donors (Lipinski definition) is 2. The molecule has 1 aromatic carbocycles. The molecule has 0 bridgehead atoms. The van der Waals surface area contributed by atoms with E-state index in [2.05, 4.69) is 5.32 Å². The van der Waals surface area contributed by atoms with E-state index in [-0.39, 0.29) is 22.4 Å². The van der Waals surface area contributed by atoms with Crippen LogP contribution in [0.1, 0.15) is 13.8 Å². The van der Waals surface area contributed by atoms with Gasteiger partial charge in [-0.25, -0.2) is 0 Å². The van der Waals surface area contributed by atoms with Crippen LogP contribution in [0, 0.1) is 10.1 Å². The Morgan fingerprint density at radius 3 is 2.63 bits per heavy atom. The molecule has 2 atom stereocenters. The van der Waals surface area contributed by atoms with E-state index < -0.39 is 21.8 Å². The molecule has 0 aliphatic heterocycles.